The Balaban J connectivity index is 2.29. The maximum atomic E-state index is 8.14. The zero-order valence-electron chi connectivity index (χ0n) is 10.0. The third kappa shape index (κ3) is 2.11. The summed E-state index contributed by atoms with van der Waals surface area (Å²) in [6, 6.07) is 1.97. The first-order chi connectivity index (χ1) is 8.02. The number of hydrogen-bond donors (Lipinski definition) is 3. The van der Waals surface area contributed by atoms with Crippen molar-refractivity contribution in [3.05, 3.63) is 24.3 Å². The van der Waals surface area contributed by atoms with E-state index in [4.69, 9.17) is 16.6 Å². The highest BCUT2D eigenvalue weighted by Gasteiger charge is 2.43. The number of nitrogens with two attached hydrogens (primary N) is 1. The quantitative estimate of drug-likeness (QED) is 0.376. The molecule has 0 amide bonds. The van der Waals surface area contributed by atoms with Crippen molar-refractivity contribution in [2.45, 2.75) is 19.4 Å². The van der Waals surface area contributed by atoms with Crippen LogP contribution in [-0.4, -0.2) is 27.7 Å². The third-order valence-corrected chi connectivity index (χ3v) is 3.04. The van der Waals surface area contributed by atoms with Crippen LogP contribution in [0.2, 0.25) is 0 Å². The van der Waals surface area contributed by atoms with Crippen LogP contribution < -0.4 is 10.3 Å². The minimum absolute atomic E-state index is 0.0880. The summed E-state index contributed by atoms with van der Waals surface area (Å²) >= 11 is 0. The smallest absolute Gasteiger partial charge is 0.365 e. The molecule has 0 saturated heterocycles. The highest BCUT2D eigenvalue weighted by atomic mass is 15.3. The maximum absolute atomic E-state index is 8.14. The van der Waals surface area contributed by atoms with Crippen LogP contribution in [0.3, 0.4) is 0 Å². The van der Waals surface area contributed by atoms with E-state index >= 15 is 0 Å². The molecule has 17 heavy (non-hydrogen) atoms. The van der Waals surface area contributed by atoms with Crippen molar-refractivity contribution < 1.29 is 4.57 Å². The lowest BCUT2D eigenvalue weighted by molar-refractivity contribution is -0.676. The van der Waals surface area contributed by atoms with E-state index < -0.39 is 0 Å². The summed E-state index contributed by atoms with van der Waals surface area (Å²) in [5.41, 5.74) is 5.56. The van der Waals surface area contributed by atoms with E-state index in [1.807, 2.05) is 13.2 Å². The Hall–Kier alpha value is -1.98. The van der Waals surface area contributed by atoms with E-state index in [1.54, 1.807) is 21.7 Å². The Morgan fingerprint density at radius 3 is 2.71 bits per heavy atom. The second kappa shape index (κ2) is 4.12. The van der Waals surface area contributed by atoms with E-state index in [1.165, 1.54) is 0 Å². The van der Waals surface area contributed by atoms with E-state index in [2.05, 4.69) is 11.9 Å². The van der Waals surface area contributed by atoms with E-state index in [-0.39, 0.29) is 17.8 Å². The zero-order chi connectivity index (χ0) is 12.6. The average Bonchev–Trinajstić information content (AvgIpc) is 2.95. The minimum atomic E-state index is -0.0880. The van der Waals surface area contributed by atoms with E-state index in [0.717, 1.165) is 6.42 Å². The standard InChI is InChI=1S/C11H17N6/c1-7-6-8(7)17(11(13)14)9(12)10-15-4-3-5-16(10)2/h3-5,7-8,12H,6H2,1-2H3,(H3,13,14)/q+1. The lowest BCUT2D eigenvalue weighted by Crippen LogP contribution is -2.49. The Morgan fingerprint density at radius 1 is 1.59 bits per heavy atom. The van der Waals surface area contributed by atoms with Gasteiger partial charge in [0.15, 0.2) is 5.96 Å². The predicted octanol–water partition coefficient (Wildman–Crippen LogP) is -0.165. The molecule has 6 heteroatoms. The highest BCUT2D eigenvalue weighted by Crippen LogP contribution is 2.35. The second-order valence-corrected chi connectivity index (χ2v) is 4.44. The van der Waals surface area contributed by atoms with Crippen LogP contribution in [0.1, 0.15) is 19.2 Å². The number of guanidine groups is 1. The number of nitrogens with one attached hydrogen (secondary N) is 2. The largest absolute Gasteiger partial charge is 0.370 e. The molecule has 0 bridgehead atoms. The molecule has 1 aromatic heterocycles. The number of aromatic nitrogens is 2. The van der Waals surface area contributed by atoms with Crippen molar-refractivity contribution in [2.75, 3.05) is 0 Å². The van der Waals surface area contributed by atoms with Gasteiger partial charge >= 0.3 is 5.82 Å². The normalized spacial score (nSPS) is 22.0. The topological polar surface area (TPSA) is 93.7 Å². The van der Waals surface area contributed by atoms with Crippen LogP contribution in [0.15, 0.2) is 18.5 Å². The fourth-order valence-electron chi connectivity index (χ4n) is 1.91. The molecule has 6 nitrogen and oxygen atoms in total. The van der Waals surface area contributed by atoms with Gasteiger partial charge in [0.05, 0.1) is 13.2 Å². The van der Waals surface area contributed by atoms with Gasteiger partial charge < -0.3 is 5.73 Å². The minimum Gasteiger partial charge on any atom is -0.370 e. The van der Waals surface area contributed by atoms with Gasteiger partial charge in [0.2, 0.25) is 5.84 Å². The maximum Gasteiger partial charge on any atom is 0.365 e. The number of nitrogens with zero attached hydrogens (tertiary/aromatic N) is 3. The molecule has 0 radical (unpaired) electrons. The van der Waals surface area contributed by atoms with E-state index in [0.29, 0.717) is 11.7 Å². The van der Waals surface area contributed by atoms with Gasteiger partial charge in [-0.25, -0.2) is 4.57 Å². The second-order valence-electron chi connectivity index (χ2n) is 4.44. The van der Waals surface area contributed by atoms with Gasteiger partial charge in [-0.3, -0.25) is 15.7 Å². The summed E-state index contributed by atoms with van der Waals surface area (Å²) in [4.78, 5) is 5.71. The molecule has 4 N–H and O–H groups in total. The van der Waals surface area contributed by atoms with Crippen molar-refractivity contribution in [1.82, 2.24) is 9.88 Å². The molecule has 1 saturated carbocycles. The van der Waals surface area contributed by atoms with Gasteiger partial charge in [-0.15, -0.1) is 0 Å². The van der Waals surface area contributed by atoms with Crippen molar-refractivity contribution in [3.8, 4) is 0 Å². The first-order valence-electron chi connectivity index (χ1n) is 5.55. The average molecular weight is 233 g/mol. The molecule has 0 aliphatic heterocycles. The first-order valence-corrected chi connectivity index (χ1v) is 5.55. The Morgan fingerprint density at radius 2 is 2.24 bits per heavy atom. The van der Waals surface area contributed by atoms with Crippen molar-refractivity contribution >= 4 is 11.8 Å². The van der Waals surface area contributed by atoms with Gasteiger partial charge in [-0.05, 0) is 17.3 Å². The molecule has 0 aromatic carbocycles. The lowest BCUT2D eigenvalue weighted by atomic mass is 10.3. The molecule has 1 aliphatic rings. The van der Waals surface area contributed by atoms with Crippen molar-refractivity contribution in [2.24, 2.45) is 18.7 Å². The fraction of sp³-hybridized carbons (Fsp3) is 0.455. The monoisotopic (exact) mass is 233 g/mol. The molecule has 2 atom stereocenters. The summed E-state index contributed by atoms with van der Waals surface area (Å²) in [5, 5.41) is 15.7. The predicted molar refractivity (Wildman–Crippen MR) is 63.6 cm³/mol. The Kier molecular flexibility index (Phi) is 2.79. The SMILES string of the molecule is CC1CC1N(C(=N)N)C(=N)c1nccc[n+]1C. The van der Waals surface area contributed by atoms with Crippen LogP contribution >= 0.6 is 0 Å². The fourth-order valence-corrected chi connectivity index (χ4v) is 1.91. The number of amidine groups is 1. The Labute approximate surface area is 100 Å². The number of rotatable bonds is 2. The Bertz CT molecular complexity index is 469. The highest BCUT2D eigenvalue weighted by molar-refractivity contribution is 6.03. The van der Waals surface area contributed by atoms with Gasteiger partial charge in [-0.2, -0.15) is 0 Å². The van der Waals surface area contributed by atoms with Crippen LogP contribution in [-0.2, 0) is 7.05 Å². The number of aryl methyl sites for hydroxylation is 1. The van der Waals surface area contributed by atoms with Crippen LogP contribution in [0.4, 0.5) is 0 Å². The summed E-state index contributed by atoms with van der Waals surface area (Å²) in [6.45, 7) is 2.09. The lowest BCUT2D eigenvalue weighted by Gasteiger charge is -2.20. The van der Waals surface area contributed by atoms with Crippen LogP contribution in [0.25, 0.3) is 0 Å². The van der Waals surface area contributed by atoms with Crippen LogP contribution in [0.5, 0.6) is 0 Å². The van der Waals surface area contributed by atoms with Crippen LogP contribution in [0, 0.1) is 16.7 Å². The first kappa shape index (κ1) is 11.5. The summed E-state index contributed by atoms with van der Waals surface area (Å²) < 4.78 is 1.76. The summed E-state index contributed by atoms with van der Waals surface area (Å²) in [6.07, 6.45) is 4.43. The molecule has 2 rings (SSSR count). The van der Waals surface area contributed by atoms with Crippen molar-refractivity contribution in [1.29, 1.82) is 10.8 Å². The molecular weight excluding hydrogens is 216 g/mol. The van der Waals surface area contributed by atoms with Gasteiger partial charge in [0, 0.05) is 12.1 Å². The van der Waals surface area contributed by atoms with Gasteiger partial charge in [0.1, 0.15) is 6.20 Å². The molecule has 1 aromatic rings. The molecule has 2 unspecified atom stereocenters. The summed E-state index contributed by atoms with van der Waals surface area (Å²) in [5.74, 6) is 1.10. The zero-order valence-corrected chi connectivity index (χ0v) is 10.0. The molecule has 1 fully saturated rings. The molecular formula is C11H17N6+. The van der Waals surface area contributed by atoms with Crippen molar-refractivity contribution in [3.63, 3.8) is 0 Å². The molecule has 0 spiro atoms. The molecule has 90 valence electrons. The molecule has 1 aliphatic carbocycles. The third-order valence-electron chi connectivity index (χ3n) is 3.04. The van der Waals surface area contributed by atoms with Gasteiger partial charge in [-0.1, -0.05) is 6.92 Å². The van der Waals surface area contributed by atoms with Gasteiger partial charge in [0.25, 0.3) is 0 Å². The summed E-state index contributed by atoms with van der Waals surface area (Å²) in [7, 11) is 1.82. The molecule has 1 heterocycles. The van der Waals surface area contributed by atoms with E-state index in [9.17, 15) is 0 Å². The number of hydrogen-bond acceptors (Lipinski definition) is 3.